The summed E-state index contributed by atoms with van der Waals surface area (Å²) in [6, 6.07) is 0.897. The Morgan fingerprint density at radius 2 is 1.12 bits per heavy atom. The van der Waals surface area contributed by atoms with Gasteiger partial charge in [0.15, 0.2) is 20.0 Å². The minimum absolute atomic E-state index is 0.274. The molecule has 1 saturated heterocycles. The van der Waals surface area contributed by atoms with Gasteiger partial charge in [-0.15, -0.1) is 0 Å². The summed E-state index contributed by atoms with van der Waals surface area (Å²) in [6.07, 6.45) is 4.04. The third-order valence-corrected chi connectivity index (χ3v) is 11.1. The van der Waals surface area contributed by atoms with Crippen molar-refractivity contribution in [1.29, 1.82) is 0 Å². The number of piperidine rings is 1. The average Bonchev–Trinajstić information content (AvgIpc) is 2.67. The van der Waals surface area contributed by atoms with Gasteiger partial charge >= 0.3 is 19.8 Å². The summed E-state index contributed by atoms with van der Waals surface area (Å²) in [7, 11) is -10.8. The van der Waals surface area contributed by atoms with Gasteiger partial charge in [0.05, 0.1) is 31.2 Å². The molecule has 0 aliphatic carbocycles. The molecule has 1 heterocycles. The van der Waals surface area contributed by atoms with E-state index in [1.807, 2.05) is 0 Å². The normalized spacial score (nSPS) is 18.2. The van der Waals surface area contributed by atoms with E-state index in [-0.39, 0.29) is 5.54 Å². The minimum atomic E-state index is -6.72. The number of nitrogens with zero attached hydrogens (tertiary/aromatic N) is 2. The van der Waals surface area contributed by atoms with E-state index in [1.165, 1.54) is 32.4 Å². The first kappa shape index (κ1) is 33.5. The van der Waals surface area contributed by atoms with Crippen molar-refractivity contribution in [2.75, 3.05) is 41.0 Å². The van der Waals surface area contributed by atoms with Crippen LogP contribution in [-0.4, -0.2) is 87.6 Å². The first-order valence-electron chi connectivity index (χ1n) is 9.94. The number of hydrogen-bond donors (Lipinski definition) is 0. The predicted octanol–water partition coefficient (Wildman–Crippen LogP) is 3.72. The molecule has 0 N–H and O–H groups in total. The lowest BCUT2D eigenvalue weighted by atomic mass is 9.95. The van der Waals surface area contributed by atoms with Crippen molar-refractivity contribution in [2.45, 2.75) is 62.6 Å². The number of sulfonamides is 2. The second-order valence-corrected chi connectivity index (χ2v) is 15.0. The Morgan fingerprint density at radius 1 is 0.765 bits per heavy atom. The molecule has 0 spiro atoms. The third-order valence-electron chi connectivity index (χ3n) is 5.66. The van der Waals surface area contributed by atoms with Crippen LogP contribution in [-0.2, 0) is 33.3 Å². The zero-order valence-electron chi connectivity index (χ0n) is 19.8. The van der Waals surface area contributed by atoms with Crippen molar-refractivity contribution >= 4 is 28.9 Å². The highest BCUT2D eigenvalue weighted by Crippen LogP contribution is 2.36. The van der Waals surface area contributed by atoms with E-state index in [9.17, 15) is 43.2 Å². The van der Waals surface area contributed by atoms with Crippen LogP contribution in [0.15, 0.2) is 0 Å². The van der Waals surface area contributed by atoms with Gasteiger partial charge in [0.1, 0.15) is 0 Å². The molecule has 0 aromatic heterocycles. The van der Waals surface area contributed by atoms with Gasteiger partial charge in [-0.1, -0.05) is 0 Å². The zero-order chi connectivity index (χ0) is 27.3. The van der Waals surface area contributed by atoms with Crippen molar-refractivity contribution in [1.82, 2.24) is 0 Å². The van der Waals surface area contributed by atoms with Crippen LogP contribution in [0.25, 0.3) is 4.13 Å². The van der Waals surface area contributed by atoms with E-state index in [0.717, 1.165) is 21.2 Å². The number of likely N-dealkylation sites (tertiary alicyclic amines) is 1. The van der Waals surface area contributed by atoms with Crippen LogP contribution in [0.4, 0.5) is 26.3 Å². The largest absolute Gasteiger partial charge is 0.505 e. The molecule has 1 aliphatic rings. The molecule has 1 rings (SSSR count). The highest BCUT2D eigenvalue weighted by atomic mass is 32.3. The molecule has 34 heavy (non-hydrogen) atoms. The van der Waals surface area contributed by atoms with Gasteiger partial charge in [-0.2, -0.15) is 26.3 Å². The lowest BCUT2D eigenvalue weighted by Gasteiger charge is -2.51. The molecule has 18 heteroatoms. The highest BCUT2D eigenvalue weighted by Gasteiger charge is 2.48. The lowest BCUT2D eigenvalue weighted by molar-refractivity contribution is -0.973. The standard InChI is InChI=1S/C14H32NO3Si.C2F6NO4S2/c1-14(2,3)15(10-8-7-9-11-15)12-13-19(16-4,17-5)18-6;3-1(4,5)14(10,11)9-15(12,13)2(6,7)8/h7-13H2,1-6H3;/q+1;-1. The van der Waals surface area contributed by atoms with Crippen molar-refractivity contribution in [3.8, 4) is 0 Å². The van der Waals surface area contributed by atoms with Gasteiger partial charge in [0, 0.05) is 21.3 Å². The molecule has 0 aromatic carbocycles. The number of rotatable bonds is 8. The molecule has 0 atom stereocenters. The fourth-order valence-electron chi connectivity index (χ4n) is 3.47. The average molecular weight is 571 g/mol. The first-order valence-corrected chi connectivity index (χ1v) is 14.7. The summed E-state index contributed by atoms with van der Waals surface area (Å²) < 4.78 is 127. The monoisotopic (exact) mass is 570 g/mol. The molecule has 0 unspecified atom stereocenters. The summed E-state index contributed by atoms with van der Waals surface area (Å²) in [5.74, 6) is 0. The molecule has 1 aliphatic heterocycles. The molecule has 0 amide bonds. The van der Waals surface area contributed by atoms with E-state index < -0.39 is 39.9 Å². The summed E-state index contributed by atoms with van der Waals surface area (Å²) in [5, 5.41) is 0. The Morgan fingerprint density at radius 3 is 1.38 bits per heavy atom. The van der Waals surface area contributed by atoms with Crippen LogP contribution in [0.2, 0.25) is 6.04 Å². The molecule has 206 valence electrons. The second-order valence-electron chi connectivity index (χ2n) is 8.51. The van der Waals surface area contributed by atoms with Gasteiger partial charge in [-0.25, -0.2) is 16.8 Å². The zero-order valence-corrected chi connectivity index (χ0v) is 22.4. The van der Waals surface area contributed by atoms with Crippen LogP contribution in [0.3, 0.4) is 0 Å². The SMILES string of the molecule is CO[Si](CC[N+]1(C(C)(C)C)CCCCC1)(OC)OC.O=S(=O)([N-]S(=O)(=O)C(F)(F)F)C(F)(F)F. The van der Waals surface area contributed by atoms with Crippen molar-refractivity contribution in [2.24, 2.45) is 0 Å². The number of hydrogen-bond acceptors (Lipinski definition) is 7. The maximum atomic E-state index is 11.4. The fourth-order valence-corrected chi connectivity index (χ4v) is 6.99. The summed E-state index contributed by atoms with van der Waals surface area (Å²) in [5.41, 5.74) is -12.1. The van der Waals surface area contributed by atoms with Gasteiger partial charge in [0.25, 0.3) is 0 Å². The van der Waals surface area contributed by atoms with E-state index >= 15 is 0 Å². The Labute approximate surface area is 197 Å². The van der Waals surface area contributed by atoms with Crippen molar-refractivity contribution in [3.05, 3.63) is 4.13 Å². The smallest absolute Gasteiger partial charge is 0.421 e. The van der Waals surface area contributed by atoms with E-state index in [4.69, 9.17) is 13.3 Å². The van der Waals surface area contributed by atoms with E-state index in [1.54, 1.807) is 21.3 Å². The van der Waals surface area contributed by atoms with Crippen LogP contribution in [0.5, 0.6) is 0 Å². The van der Waals surface area contributed by atoms with Gasteiger partial charge in [-0.3, -0.25) is 0 Å². The lowest BCUT2D eigenvalue weighted by Crippen LogP contribution is -2.64. The second kappa shape index (κ2) is 11.7. The van der Waals surface area contributed by atoms with Crippen LogP contribution in [0.1, 0.15) is 40.0 Å². The Hall–Kier alpha value is -0.503. The Balaban J connectivity index is 0.000000661. The maximum Gasteiger partial charge on any atom is 0.505 e. The molecule has 9 nitrogen and oxygen atoms in total. The quantitative estimate of drug-likeness (QED) is 0.249. The number of halogens is 6. The Kier molecular flexibility index (Phi) is 11.5. The molecular formula is C16H32F6N2O7S2Si. The van der Waals surface area contributed by atoms with Crippen LogP contribution in [0, 0.1) is 0 Å². The molecule has 0 bridgehead atoms. The van der Waals surface area contributed by atoms with Gasteiger partial charge < -0.3 is 21.9 Å². The van der Waals surface area contributed by atoms with Crippen LogP contribution >= 0.6 is 0 Å². The topological polar surface area (TPSA) is 110 Å². The van der Waals surface area contributed by atoms with E-state index in [0.29, 0.717) is 0 Å². The minimum Gasteiger partial charge on any atom is -0.421 e. The summed E-state index contributed by atoms with van der Waals surface area (Å²) in [6.45, 7) is 10.7. The predicted molar refractivity (Wildman–Crippen MR) is 113 cm³/mol. The van der Waals surface area contributed by atoms with Gasteiger partial charge in [0.2, 0.25) is 0 Å². The summed E-state index contributed by atoms with van der Waals surface area (Å²) >= 11 is 0. The van der Waals surface area contributed by atoms with Gasteiger partial charge in [-0.05, 0) is 40.0 Å². The molecule has 0 radical (unpaired) electrons. The summed E-state index contributed by atoms with van der Waals surface area (Å²) in [4.78, 5) is 0. The van der Waals surface area contributed by atoms with Crippen LogP contribution < -0.4 is 0 Å². The maximum absolute atomic E-state index is 11.4. The molecular weight excluding hydrogens is 538 g/mol. The molecule has 1 fully saturated rings. The van der Waals surface area contributed by atoms with Crippen molar-refractivity contribution in [3.63, 3.8) is 0 Å². The third kappa shape index (κ3) is 8.56. The number of alkyl halides is 6. The molecule has 0 aromatic rings. The highest BCUT2D eigenvalue weighted by molar-refractivity contribution is 8.13. The molecule has 0 saturated carbocycles. The van der Waals surface area contributed by atoms with Crippen molar-refractivity contribution < 1.29 is 60.9 Å². The Bertz CT molecular complexity index is 798. The van der Waals surface area contributed by atoms with E-state index in [2.05, 4.69) is 20.8 Å². The fraction of sp³-hybridized carbons (Fsp3) is 1.00. The number of quaternary nitrogens is 1. The first-order chi connectivity index (χ1) is 15.1.